The highest BCUT2D eigenvalue weighted by molar-refractivity contribution is 6.36. The molecule has 1 unspecified atom stereocenters. The van der Waals surface area contributed by atoms with Gasteiger partial charge in [-0.25, -0.2) is 4.90 Å². The molecule has 1 heterocycles. The number of amides is 2. The Bertz CT molecular complexity index is 839. The third-order valence-electron chi connectivity index (χ3n) is 3.83. The summed E-state index contributed by atoms with van der Waals surface area (Å²) in [7, 11) is 0. The second-order valence-electron chi connectivity index (χ2n) is 5.56. The minimum atomic E-state index is -0.704. The monoisotopic (exact) mass is 364 g/mol. The summed E-state index contributed by atoms with van der Waals surface area (Å²) >= 11 is 12.0. The van der Waals surface area contributed by atoms with E-state index in [-0.39, 0.29) is 24.0 Å². The quantitative estimate of drug-likeness (QED) is 0.813. The molecule has 1 aliphatic heterocycles. The summed E-state index contributed by atoms with van der Waals surface area (Å²) in [5.41, 5.74) is 1.65. The van der Waals surface area contributed by atoms with Crippen LogP contribution in [0.25, 0.3) is 0 Å². The average molecular weight is 365 g/mol. The molecular formula is C17H14Cl2N2O3. The van der Waals surface area contributed by atoms with E-state index in [9.17, 15) is 14.7 Å². The molecule has 3 rings (SSSR count). The van der Waals surface area contributed by atoms with Crippen LogP contribution in [0.5, 0.6) is 5.75 Å². The van der Waals surface area contributed by atoms with Crippen LogP contribution in [0.2, 0.25) is 10.0 Å². The Hall–Kier alpha value is -2.24. The molecule has 1 saturated heterocycles. The Labute approximate surface area is 148 Å². The van der Waals surface area contributed by atoms with E-state index >= 15 is 0 Å². The predicted octanol–water partition coefficient (Wildman–Crippen LogP) is 3.75. The predicted molar refractivity (Wildman–Crippen MR) is 93.8 cm³/mol. The standard InChI is InChI=1S/C17H14Cl2N2O3/c1-9-6-11(22)3-5-15(9)21-16(23)8-14(17(21)24)20-13-4-2-10(18)7-12(13)19/h2-7,14,20,22H,8H2,1H3. The SMILES string of the molecule is Cc1cc(O)ccc1N1C(=O)CC(Nc2ccc(Cl)cc2Cl)C1=O. The van der Waals surface area contributed by atoms with E-state index in [1.54, 1.807) is 31.2 Å². The number of aromatic hydroxyl groups is 1. The molecule has 1 atom stereocenters. The topological polar surface area (TPSA) is 69.6 Å². The van der Waals surface area contributed by atoms with Crippen LogP contribution in [0.15, 0.2) is 36.4 Å². The zero-order valence-corrected chi connectivity index (χ0v) is 14.2. The largest absolute Gasteiger partial charge is 0.508 e. The molecule has 0 aliphatic carbocycles. The minimum Gasteiger partial charge on any atom is -0.508 e. The summed E-state index contributed by atoms with van der Waals surface area (Å²) in [6.07, 6.45) is 0.0259. The van der Waals surface area contributed by atoms with Gasteiger partial charge in [0, 0.05) is 5.02 Å². The smallest absolute Gasteiger partial charge is 0.256 e. The van der Waals surface area contributed by atoms with Gasteiger partial charge in [-0.3, -0.25) is 9.59 Å². The number of hydrogen-bond donors (Lipinski definition) is 2. The molecule has 1 fully saturated rings. The second kappa shape index (κ2) is 6.34. The number of phenolic OH excluding ortho intramolecular Hbond substituents is 1. The molecule has 7 heteroatoms. The van der Waals surface area contributed by atoms with Crippen molar-refractivity contribution in [1.82, 2.24) is 0 Å². The van der Waals surface area contributed by atoms with E-state index in [1.165, 1.54) is 12.1 Å². The normalized spacial score (nSPS) is 17.5. The molecular weight excluding hydrogens is 351 g/mol. The van der Waals surface area contributed by atoms with Gasteiger partial charge in [-0.15, -0.1) is 0 Å². The van der Waals surface area contributed by atoms with Crippen molar-refractivity contribution in [2.24, 2.45) is 0 Å². The molecule has 24 heavy (non-hydrogen) atoms. The highest BCUT2D eigenvalue weighted by atomic mass is 35.5. The number of anilines is 2. The van der Waals surface area contributed by atoms with E-state index in [1.807, 2.05) is 0 Å². The number of rotatable bonds is 3. The molecule has 5 nitrogen and oxygen atoms in total. The lowest BCUT2D eigenvalue weighted by atomic mass is 10.1. The number of benzene rings is 2. The van der Waals surface area contributed by atoms with Gasteiger partial charge >= 0.3 is 0 Å². The summed E-state index contributed by atoms with van der Waals surface area (Å²) in [6.45, 7) is 1.73. The van der Waals surface area contributed by atoms with Crippen molar-refractivity contribution >= 4 is 46.4 Å². The molecule has 0 bridgehead atoms. The number of halogens is 2. The second-order valence-corrected chi connectivity index (χ2v) is 6.41. The van der Waals surface area contributed by atoms with Crippen LogP contribution < -0.4 is 10.2 Å². The Kier molecular flexibility index (Phi) is 4.39. The summed E-state index contributed by atoms with van der Waals surface area (Å²) in [5.74, 6) is -0.589. The summed E-state index contributed by atoms with van der Waals surface area (Å²) in [5, 5.41) is 13.3. The zero-order valence-electron chi connectivity index (χ0n) is 12.7. The molecule has 2 amide bonds. The average Bonchev–Trinajstić information content (AvgIpc) is 2.77. The first-order valence-corrected chi connectivity index (χ1v) is 8.00. The zero-order chi connectivity index (χ0) is 17.4. The van der Waals surface area contributed by atoms with Crippen LogP contribution in [0.3, 0.4) is 0 Å². The van der Waals surface area contributed by atoms with Crippen LogP contribution in [0, 0.1) is 6.92 Å². The molecule has 0 saturated carbocycles. The summed E-state index contributed by atoms with van der Waals surface area (Å²) in [4.78, 5) is 26.1. The van der Waals surface area contributed by atoms with Gasteiger partial charge in [0.25, 0.3) is 5.91 Å². The molecule has 0 aromatic heterocycles. The fourth-order valence-electron chi connectivity index (χ4n) is 2.68. The Morgan fingerprint density at radius 3 is 2.58 bits per heavy atom. The molecule has 2 aromatic carbocycles. The van der Waals surface area contributed by atoms with Gasteiger partial charge in [0.05, 0.1) is 22.8 Å². The number of phenols is 1. The highest BCUT2D eigenvalue weighted by Crippen LogP contribution is 2.31. The van der Waals surface area contributed by atoms with Crippen molar-refractivity contribution < 1.29 is 14.7 Å². The van der Waals surface area contributed by atoms with Gasteiger partial charge in [0.15, 0.2) is 0 Å². The van der Waals surface area contributed by atoms with E-state index < -0.39 is 6.04 Å². The Balaban J connectivity index is 1.86. The van der Waals surface area contributed by atoms with Crippen LogP contribution >= 0.6 is 23.2 Å². The fourth-order valence-corrected chi connectivity index (χ4v) is 3.15. The highest BCUT2D eigenvalue weighted by Gasteiger charge is 2.40. The first-order valence-electron chi connectivity index (χ1n) is 7.25. The maximum atomic E-state index is 12.6. The number of carbonyl (C=O) groups is 2. The lowest BCUT2D eigenvalue weighted by Gasteiger charge is -2.18. The van der Waals surface area contributed by atoms with Crippen LogP contribution in [0.1, 0.15) is 12.0 Å². The van der Waals surface area contributed by atoms with Gasteiger partial charge in [-0.2, -0.15) is 0 Å². The fraction of sp³-hybridized carbons (Fsp3) is 0.176. The number of imide groups is 1. The minimum absolute atomic E-state index is 0.0259. The van der Waals surface area contributed by atoms with E-state index in [0.29, 0.717) is 27.0 Å². The van der Waals surface area contributed by atoms with E-state index in [0.717, 1.165) is 4.90 Å². The van der Waals surface area contributed by atoms with E-state index in [4.69, 9.17) is 23.2 Å². The lowest BCUT2D eigenvalue weighted by Crippen LogP contribution is -2.35. The van der Waals surface area contributed by atoms with Gasteiger partial charge < -0.3 is 10.4 Å². The summed E-state index contributed by atoms with van der Waals surface area (Å²) in [6, 6.07) is 8.68. The third kappa shape index (κ3) is 3.05. The van der Waals surface area contributed by atoms with Crippen LogP contribution in [-0.2, 0) is 9.59 Å². The molecule has 0 radical (unpaired) electrons. The van der Waals surface area contributed by atoms with Crippen molar-refractivity contribution in [3.05, 3.63) is 52.0 Å². The van der Waals surface area contributed by atoms with Gasteiger partial charge in [-0.1, -0.05) is 23.2 Å². The Morgan fingerprint density at radius 2 is 1.92 bits per heavy atom. The van der Waals surface area contributed by atoms with Crippen molar-refractivity contribution in [2.45, 2.75) is 19.4 Å². The number of hydrogen-bond acceptors (Lipinski definition) is 4. The van der Waals surface area contributed by atoms with Gasteiger partial charge in [-0.05, 0) is 48.9 Å². The number of nitrogens with one attached hydrogen (secondary N) is 1. The van der Waals surface area contributed by atoms with Crippen LogP contribution in [0.4, 0.5) is 11.4 Å². The van der Waals surface area contributed by atoms with Gasteiger partial charge in [0.2, 0.25) is 5.91 Å². The Morgan fingerprint density at radius 1 is 1.17 bits per heavy atom. The van der Waals surface area contributed by atoms with Crippen LogP contribution in [-0.4, -0.2) is 23.0 Å². The first-order chi connectivity index (χ1) is 11.4. The number of carbonyl (C=O) groups excluding carboxylic acids is 2. The van der Waals surface area contributed by atoms with Gasteiger partial charge in [0.1, 0.15) is 11.8 Å². The van der Waals surface area contributed by atoms with Crippen molar-refractivity contribution in [1.29, 1.82) is 0 Å². The number of aryl methyl sites for hydroxylation is 1. The summed E-state index contributed by atoms with van der Waals surface area (Å²) < 4.78 is 0. The molecule has 124 valence electrons. The molecule has 1 aliphatic rings. The lowest BCUT2D eigenvalue weighted by molar-refractivity contribution is -0.121. The van der Waals surface area contributed by atoms with E-state index in [2.05, 4.69) is 5.32 Å². The van der Waals surface area contributed by atoms with Crippen molar-refractivity contribution in [2.75, 3.05) is 10.2 Å². The molecule has 2 N–H and O–H groups in total. The van der Waals surface area contributed by atoms with Crippen molar-refractivity contribution in [3.8, 4) is 5.75 Å². The first kappa shape index (κ1) is 16.6. The molecule has 2 aromatic rings. The maximum absolute atomic E-state index is 12.6. The number of nitrogens with zero attached hydrogens (tertiary/aromatic N) is 1. The third-order valence-corrected chi connectivity index (χ3v) is 4.38. The van der Waals surface area contributed by atoms with Crippen molar-refractivity contribution in [3.63, 3.8) is 0 Å². The maximum Gasteiger partial charge on any atom is 0.256 e. The molecule has 0 spiro atoms.